The summed E-state index contributed by atoms with van der Waals surface area (Å²) in [7, 11) is -3.54. The van der Waals surface area contributed by atoms with Crippen LogP contribution in [0.15, 0.2) is 42.5 Å². The first kappa shape index (κ1) is 30.9. The molecule has 0 aliphatic rings. The molecule has 0 aromatic heterocycles. The molecule has 2 rings (SSSR count). The number of anilines is 1. The largest absolute Gasteiger partial charge is 0.352 e. The Balaban J connectivity index is 2.24. The van der Waals surface area contributed by atoms with Crippen LogP contribution in [0.4, 0.5) is 5.69 Å². The normalized spacial score (nSPS) is 13.1. The Bertz CT molecular complexity index is 1170. The number of hydrogen-bond donors (Lipinski definition) is 1. The van der Waals surface area contributed by atoms with E-state index in [-0.39, 0.29) is 37.4 Å². The van der Waals surface area contributed by atoms with Gasteiger partial charge in [-0.15, -0.1) is 0 Å². The second kappa shape index (κ2) is 14.0. The van der Waals surface area contributed by atoms with E-state index in [4.69, 9.17) is 23.2 Å². The second-order valence-electron chi connectivity index (χ2n) is 9.29. The monoisotopic (exact) mass is 569 g/mol. The average molecular weight is 571 g/mol. The van der Waals surface area contributed by atoms with Crippen LogP contribution in [0.5, 0.6) is 0 Å². The second-order valence-corrected chi connectivity index (χ2v) is 12.0. The van der Waals surface area contributed by atoms with Crippen LogP contribution >= 0.6 is 23.2 Å². The summed E-state index contributed by atoms with van der Waals surface area (Å²) in [6.45, 7) is 8.00. The Morgan fingerprint density at radius 1 is 1.00 bits per heavy atom. The Labute approximate surface area is 231 Å². The van der Waals surface area contributed by atoms with Crippen molar-refractivity contribution >= 4 is 50.7 Å². The van der Waals surface area contributed by atoms with E-state index in [0.717, 1.165) is 23.8 Å². The van der Waals surface area contributed by atoms with Crippen molar-refractivity contribution in [3.8, 4) is 0 Å². The minimum atomic E-state index is -3.54. The number of carbonyl (C=O) groups is 2. The molecule has 204 valence electrons. The van der Waals surface area contributed by atoms with Crippen LogP contribution < -0.4 is 9.62 Å². The summed E-state index contributed by atoms with van der Waals surface area (Å²) in [5.41, 5.74) is 2.31. The number of aryl methyl sites for hydroxylation is 1. The first-order valence-electron chi connectivity index (χ1n) is 12.5. The van der Waals surface area contributed by atoms with Gasteiger partial charge in [0, 0.05) is 25.6 Å². The van der Waals surface area contributed by atoms with Gasteiger partial charge < -0.3 is 10.2 Å². The smallest absolute Gasteiger partial charge is 0.243 e. The third kappa shape index (κ3) is 9.20. The summed E-state index contributed by atoms with van der Waals surface area (Å²) >= 11 is 12.2. The van der Waals surface area contributed by atoms with Crippen molar-refractivity contribution in [3.05, 3.63) is 63.6 Å². The molecule has 0 spiro atoms. The van der Waals surface area contributed by atoms with E-state index in [2.05, 4.69) is 5.32 Å². The molecule has 2 aromatic carbocycles. The average Bonchev–Trinajstić information content (AvgIpc) is 2.83. The molecule has 1 N–H and O–H groups in total. The predicted octanol–water partition coefficient (Wildman–Crippen LogP) is 5.57. The van der Waals surface area contributed by atoms with E-state index in [9.17, 15) is 18.0 Å². The summed E-state index contributed by atoms with van der Waals surface area (Å²) in [4.78, 5) is 28.1. The van der Waals surface area contributed by atoms with Crippen LogP contribution in [-0.4, -0.2) is 50.0 Å². The minimum Gasteiger partial charge on any atom is -0.352 e. The number of halogens is 2. The van der Waals surface area contributed by atoms with Gasteiger partial charge in [0.2, 0.25) is 21.8 Å². The number of rotatable bonds is 13. The lowest BCUT2D eigenvalue weighted by Gasteiger charge is -2.32. The van der Waals surface area contributed by atoms with Crippen LogP contribution in [0.25, 0.3) is 0 Å². The lowest BCUT2D eigenvalue weighted by Crippen LogP contribution is -2.50. The summed E-state index contributed by atoms with van der Waals surface area (Å²) in [6, 6.07) is 11.6. The fourth-order valence-corrected chi connectivity index (χ4v) is 5.20. The van der Waals surface area contributed by atoms with E-state index in [1.54, 1.807) is 35.2 Å². The van der Waals surface area contributed by atoms with E-state index >= 15 is 0 Å². The van der Waals surface area contributed by atoms with Crippen molar-refractivity contribution in [1.29, 1.82) is 0 Å². The highest BCUT2D eigenvalue weighted by Crippen LogP contribution is 2.25. The topological polar surface area (TPSA) is 86.8 Å². The number of hydrogen-bond acceptors (Lipinski definition) is 4. The van der Waals surface area contributed by atoms with Crippen molar-refractivity contribution < 1.29 is 18.0 Å². The van der Waals surface area contributed by atoms with Gasteiger partial charge in [0.15, 0.2) is 0 Å². The molecule has 0 radical (unpaired) electrons. The van der Waals surface area contributed by atoms with Crippen LogP contribution in [-0.2, 0) is 26.2 Å². The number of amides is 2. The molecule has 0 aliphatic heterocycles. The zero-order chi connectivity index (χ0) is 27.8. The Morgan fingerprint density at radius 2 is 1.65 bits per heavy atom. The van der Waals surface area contributed by atoms with Crippen molar-refractivity contribution in [3.63, 3.8) is 0 Å². The predicted molar refractivity (Wildman–Crippen MR) is 152 cm³/mol. The lowest BCUT2D eigenvalue weighted by molar-refractivity contribution is -0.141. The molecular formula is C27H37Cl2N3O4S. The highest BCUT2D eigenvalue weighted by molar-refractivity contribution is 7.92. The number of sulfonamides is 1. The van der Waals surface area contributed by atoms with Gasteiger partial charge >= 0.3 is 0 Å². The molecule has 0 unspecified atom stereocenters. The number of nitrogens with one attached hydrogen (secondary N) is 1. The maximum Gasteiger partial charge on any atom is 0.243 e. The van der Waals surface area contributed by atoms with Crippen molar-refractivity contribution in [1.82, 2.24) is 10.2 Å². The van der Waals surface area contributed by atoms with Gasteiger partial charge in [-0.1, -0.05) is 60.8 Å². The van der Waals surface area contributed by atoms with Crippen LogP contribution in [0.1, 0.15) is 57.6 Å². The molecule has 0 heterocycles. The molecule has 0 aliphatic carbocycles. The van der Waals surface area contributed by atoms with Gasteiger partial charge in [-0.05, 0) is 62.9 Å². The minimum absolute atomic E-state index is 0.0266. The zero-order valence-corrected chi connectivity index (χ0v) is 24.5. The molecule has 2 atom stereocenters. The molecule has 0 saturated heterocycles. The number of nitrogens with zero attached hydrogens (tertiary/aromatic N) is 2. The molecule has 2 amide bonds. The van der Waals surface area contributed by atoms with E-state index in [0.29, 0.717) is 28.6 Å². The molecular weight excluding hydrogens is 533 g/mol. The molecule has 37 heavy (non-hydrogen) atoms. The highest BCUT2D eigenvalue weighted by atomic mass is 35.5. The first-order valence-corrected chi connectivity index (χ1v) is 15.1. The van der Waals surface area contributed by atoms with Gasteiger partial charge in [0.1, 0.15) is 6.04 Å². The van der Waals surface area contributed by atoms with Crippen molar-refractivity contribution in [2.45, 2.75) is 72.0 Å². The van der Waals surface area contributed by atoms with Crippen molar-refractivity contribution in [2.24, 2.45) is 0 Å². The standard InChI is InChI=1S/C27H37Cl2N3O4S/c1-6-20(4)30-27(34)25(7-2)31(18-21-12-15-23(28)24(29)17-21)26(33)9-8-16-32(37(5,35)36)22-13-10-19(3)11-14-22/h10-15,17,20,25H,6-9,16,18H2,1-5H3,(H,30,34)/t20-,25+/m0/s1. The molecule has 7 nitrogen and oxygen atoms in total. The van der Waals surface area contributed by atoms with Crippen LogP contribution in [0, 0.1) is 6.92 Å². The first-order chi connectivity index (χ1) is 17.4. The van der Waals surface area contributed by atoms with Gasteiger partial charge in [0.25, 0.3) is 0 Å². The Hall–Kier alpha value is -2.29. The highest BCUT2D eigenvalue weighted by Gasteiger charge is 2.29. The maximum absolute atomic E-state index is 13.5. The SMILES string of the molecule is CC[C@H](C(=O)N[C@@H](C)CC)N(Cc1ccc(Cl)c(Cl)c1)C(=O)CCCN(c1ccc(C)cc1)S(C)(=O)=O. The Morgan fingerprint density at radius 3 is 2.19 bits per heavy atom. The maximum atomic E-state index is 13.5. The molecule has 10 heteroatoms. The number of benzene rings is 2. The molecule has 2 aromatic rings. The third-order valence-corrected chi connectivity index (χ3v) is 8.13. The van der Waals surface area contributed by atoms with Crippen LogP contribution in [0.3, 0.4) is 0 Å². The molecule has 0 bridgehead atoms. The fourth-order valence-electron chi connectivity index (χ4n) is 3.91. The van der Waals surface area contributed by atoms with Gasteiger partial charge in [0.05, 0.1) is 22.0 Å². The molecule has 0 saturated carbocycles. The van der Waals surface area contributed by atoms with Gasteiger partial charge in [-0.2, -0.15) is 0 Å². The summed E-state index contributed by atoms with van der Waals surface area (Å²) < 4.78 is 26.2. The molecule has 0 fully saturated rings. The van der Waals surface area contributed by atoms with Gasteiger partial charge in [-0.25, -0.2) is 8.42 Å². The van der Waals surface area contributed by atoms with Crippen LogP contribution in [0.2, 0.25) is 10.0 Å². The van der Waals surface area contributed by atoms with E-state index < -0.39 is 16.1 Å². The van der Waals surface area contributed by atoms with E-state index in [1.165, 1.54) is 4.31 Å². The lowest BCUT2D eigenvalue weighted by atomic mass is 10.1. The van der Waals surface area contributed by atoms with E-state index in [1.807, 2.05) is 39.8 Å². The third-order valence-electron chi connectivity index (χ3n) is 6.20. The summed E-state index contributed by atoms with van der Waals surface area (Å²) in [6.07, 6.45) is 2.71. The Kier molecular flexibility index (Phi) is 11.7. The van der Waals surface area contributed by atoms with Gasteiger partial charge in [-0.3, -0.25) is 13.9 Å². The fraction of sp³-hybridized carbons (Fsp3) is 0.481. The summed E-state index contributed by atoms with van der Waals surface area (Å²) in [5, 5.41) is 3.75. The summed E-state index contributed by atoms with van der Waals surface area (Å²) in [5.74, 6) is -0.461. The number of carbonyl (C=O) groups excluding carboxylic acids is 2. The zero-order valence-electron chi connectivity index (χ0n) is 22.1. The van der Waals surface area contributed by atoms with Crippen molar-refractivity contribution in [2.75, 3.05) is 17.1 Å². The quantitative estimate of drug-likeness (QED) is 0.341.